The molecule has 3 heterocycles. The Bertz CT molecular complexity index is 1000. The minimum atomic E-state index is -5.24. The molecule has 0 aromatic carbocycles. The molecule has 0 spiro atoms. The maximum atomic E-state index is 12.2. The summed E-state index contributed by atoms with van der Waals surface area (Å²) in [6, 6.07) is 0. The van der Waals surface area contributed by atoms with Crippen LogP contribution in [0.25, 0.3) is 0 Å². The van der Waals surface area contributed by atoms with Gasteiger partial charge in [-0.3, -0.25) is 9.09 Å². The van der Waals surface area contributed by atoms with E-state index < -0.39 is 60.3 Å². The third kappa shape index (κ3) is 4.91. The van der Waals surface area contributed by atoms with Crippen LogP contribution >= 0.6 is 23.5 Å². The minimum Gasteiger partial charge on any atom is -0.387 e. The lowest BCUT2D eigenvalue weighted by atomic mass is 10.1. The lowest BCUT2D eigenvalue weighted by Crippen LogP contribution is -2.36. The van der Waals surface area contributed by atoms with Crippen LogP contribution in [0, 0.1) is 0 Å². The Balaban J connectivity index is 1.77. The summed E-state index contributed by atoms with van der Waals surface area (Å²) in [6.45, 7) is 0.842. The van der Waals surface area contributed by atoms with Gasteiger partial charge in [0.15, 0.2) is 6.23 Å². The van der Waals surface area contributed by atoms with Crippen LogP contribution in [0.1, 0.15) is 18.7 Å². The van der Waals surface area contributed by atoms with Crippen LogP contribution in [-0.4, -0.2) is 54.5 Å². The molecule has 0 amide bonds. The van der Waals surface area contributed by atoms with E-state index in [2.05, 4.69) is 22.4 Å². The van der Waals surface area contributed by atoms with Crippen molar-refractivity contribution in [3.8, 4) is 0 Å². The van der Waals surface area contributed by atoms with Gasteiger partial charge in [0.2, 0.25) is 0 Å². The summed E-state index contributed by atoms with van der Waals surface area (Å²) in [5.74, 6) is -0.0135. The number of rotatable bonds is 5. The molecule has 16 nitrogen and oxygen atoms in total. The summed E-state index contributed by atoms with van der Waals surface area (Å²) in [7, 11) is -15.6. The quantitative estimate of drug-likeness (QED) is 0.322. The molecule has 30 heavy (non-hydrogen) atoms. The van der Waals surface area contributed by atoms with Crippen molar-refractivity contribution < 1.29 is 55.9 Å². The molecule has 170 valence electrons. The molecule has 6 N–H and O–H groups in total. The molecule has 19 heteroatoms. The van der Waals surface area contributed by atoms with Gasteiger partial charge in [0.1, 0.15) is 24.1 Å². The fourth-order valence-electron chi connectivity index (χ4n) is 2.71. The fraction of sp³-hybridized carbons (Fsp3) is 0.636. The first-order valence-corrected chi connectivity index (χ1v) is 12.6. The van der Waals surface area contributed by atoms with Crippen molar-refractivity contribution in [1.29, 1.82) is 0 Å². The number of aliphatic hydroxyl groups excluding tert-OH is 2. The molecular weight excluding hydrogens is 475 g/mol. The van der Waals surface area contributed by atoms with Gasteiger partial charge in [0.25, 0.3) is 0 Å². The smallest absolute Gasteiger partial charge is 0.387 e. The number of ether oxygens (including phenoxy) is 1. The first-order chi connectivity index (χ1) is 13.8. The summed E-state index contributed by atoms with van der Waals surface area (Å²) in [6.07, 6.45) is -4.58. The van der Waals surface area contributed by atoms with E-state index in [1.54, 1.807) is 6.92 Å². The molecule has 0 saturated carbocycles. The Morgan fingerprint density at radius 2 is 1.77 bits per heavy atom. The predicted octanol–water partition coefficient (Wildman–Crippen LogP) is -0.604. The molecule has 0 radical (unpaired) electrons. The molecule has 6 atom stereocenters. The van der Waals surface area contributed by atoms with Crippen molar-refractivity contribution in [2.24, 2.45) is 0 Å². The molecule has 0 aliphatic carbocycles. The molecule has 2 aliphatic rings. The third-order valence-corrected chi connectivity index (χ3v) is 9.43. The largest absolute Gasteiger partial charge is 0.492 e. The molecule has 3 unspecified atom stereocenters. The van der Waals surface area contributed by atoms with Crippen molar-refractivity contribution >= 4 is 29.3 Å². The van der Waals surface area contributed by atoms with E-state index in [1.807, 2.05) is 0 Å². The number of hydrogen-bond acceptors (Lipinski definition) is 13. The van der Waals surface area contributed by atoms with E-state index in [0.717, 1.165) is 4.57 Å². The molecule has 3 rings (SSSR count). The molecule has 1 aromatic heterocycles. The zero-order valence-electron chi connectivity index (χ0n) is 15.1. The number of phosphoric acid groups is 3. The maximum absolute atomic E-state index is 12.2. The lowest BCUT2D eigenvalue weighted by molar-refractivity contribution is -0.0545. The second kappa shape index (κ2) is 8.17. The van der Waals surface area contributed by atoms with Gasteiger partial charge >= 0.3 is 29.2 Å². The van der Waals surface area contributed by atoms with Crippen molar-refractivity contribution in [2.75, 3.05) is 12.3 Å². The highest BCUT2D eigenvalue weighted by Gasteiger charge is 2.55. The number of nitrogens with zero attached hydrogens (tertiary/aromatic N) is 2. The Kier molecular flexibility index (Phi) is 6.45. The van der Waals surface area contributed by atoms with Crippen LogP contribution < -0.4 is 11.4 Å². The predicted molar refractivity (Wildman–Crippen MR) is 94.7 cm³/mol. The number of hydrogen-bond donors (Lipinski definition) is 5. The number of aryl methyl sites for hydroxylation is 1. The first-order valence-electron chi connectivity index (χ1n) is 8.19. The lowest BCUT2D eigenvalue weighted by Gasteiger charge is -2.27. The molecule has 0 bridgehead atoms. The topological polar surface area (TPSA) is 239 Å². The Morgan fingerprint density at radius 1 is 1.17 bits per heavy atom. The van der Waals surface area contributed by atoms with Crippen molar-refractivity contribution in [3.05, 3.63) is 22.2 Å². The Morgan fingerprint density at radius 3 is 2.33 bits per heavy atom. The van der Waals surface area contributed by atoms with E-state index in [4.69, 9.17) is 10.5 Å². The average Bonchev–Trinajstić information content (AvgIpc) is 2.85. The van der Waals surface area contributed by atoms with Crippen LogP contribution in [0.2, 0.25) is 0 Å². The van der Waals surface area contributed by atoms with Crippen LogP contribution in [0.15, 0.2) is 11.0 Å². The third-order valence-electron chi connectivity index (χ3n) is 4.06. The number of aromatic nitrogens is 2. The number of aliphatic hydroxyl groups is 2. The van der Waals surface area contributed by atoms with Crippen molar-refractivity contribution in [3.63, 3.8) is 0 Å². The monoisotopic (exact) mass is 493 g/mol. The van der Waals surface area contributed by atoms with Gasteiger partial charge in [-0.2, -0.15) is 17.9 Å². The summed E-state index contributed by atoms with van der Waals surface area (Å²) < 4.78 is 57.9. The average molecular weight is 493 g/mol. The number of nitrogen functional groups attached to an aromatic ring is 1. The SMILES string of the molecule is CCc1cn([C@@H]2O[C@H](COP3(=O)OP(=O)(O)OP(=O)(O)O3)C(O)[C@@H]2O)c(=O)nc1N. The summed E-state index contributed by atoms with van der Waals surface area (Å²) in [4.78, 5) is 34.1. The van der Waals surface area contributed by atoms with Gasteiger partial charge in [0.05, 0.1) is 6.61 Å². The summed E-state index contributed by atoms with van der Waals surface area (Å²) in [5, 5.41) is 20.4. The molecule has 2 saturated heterocycles. The number of nitrogens with two attached hydrogens (primary N) is 1. The van der Waals surface area contributed by atoms with Gasteiger partial charge < -0.3 is 30.5 Å². The van der Waals surface area contributed by atoms with Gasteiger partial charge in [-0.15, -0.1) is 0 Å². The van der Waals surface area contributed by atoms with E-state index in [-0.39, 0.29) is 5.82 Å². The molecule has 1 aromatic rings. The number of anilines is 1. The molecule has 2 aliphatic heterocycles. The van der Waals surface area contributed by atoms with Crippen LogP contribution in [0.5, 0.6) is 0 Å². The standard InChI is InChI=1S/C11H18N3O13P3/c1-2-5-3-14(11(17)13-9(5)12)10-8(16)7(15)6(24-10)4-23-30(22)26-28(18,19)25-29(20,21)27-30/h3,6-8,10,15-16H,2,4H2,1H3,(H,18,19)(H,20,21)(H2,12,13,17)/t6-,7?,8+,10-/m1/s1. The Hall–Kier alpha value is -0.990. The van der Waals surface area contributed by atoms with Gasteiger partial charge in [-0.25, -0.2) is 18.5 Å². The summed E-state index contributed by atoms with van der Waals surface area (Å²) in [5.41, 5.74) is 5.21. The molecular formula is C11H18N3O13P3. The highest BCUT2D eigenvalue weighted by Crippen LogP contribution is 2.80. The van der Waals surface area contributed by atoms with Crippen molar-refractivity contribution in [1.82, 2.24) is 9.55 Å². The van der Waals surface area contributed by atoms with Crippen LogP contribution in [0.3, 0.4) is 0 Å². The highest BCUT2D eigenvalue weighted by atomic mass is 31.3. The first kappa shape index (κ1) is 23.7. The van der Waals surface area contributed by atoms with Crippen molar-refractivity contribution in [2.45, 2.75) is 37.9 Å². The summed E-state index contributed by atoms with van der Waals surface area (Å²) >= 11 is 0. The van der Waals surface area contributed by atoms with E-state index in [9.17, 15) is 38.5 Å². The van der Waals surface area contributed by atoms with Gasteiger partial charge in [0, 0.05) is 11.8 Å². The highest BCUT2D eigenvalue weighted by molar-refractivity contribution is 7.74. The van der Waals surface area contributed by atoms with E-state index >= 15 is 0 Å². The van der Waals surface area contributed by atoms with Crippen LogP contribution in [-0.2, 0) is 42.3 Å². The zero-order valence-corrected chi connectivity index (χ0v) is 17.8. The normalized spacial score (nSPS) is 41.8. The fourth-order valence-corrected chi connectivity index (χ4v) is 7.65. The molecule has 2 fully saturated rings. The Labute approximate surface area is 168 Å². The van der Waals surface area contributed by atoms with Crippen LogP contribution in [0.4, 0.5) is 5.82 Å². The second-order valence-corrected chi connectivity index (χ2v) is 11.2. The van der Waals surface area contributed by atoms with E-state index in [1.165, 1.54) is 6.20 Å². The van der Waals surface area contributed by atoms with Gasteiger partial charge in [-0.1, -0.05) is 6.92 Å². The minimum absolute atomic E-state index is 0.0135. The van der Waals surface area contributed by atoms with Gasteiger partial charge in [-0.05, 0) is 6.42 Å². The maximum Gasteiger partial charge on any atom is 0.492 e. The zero-order chi connectivity index (χ0) is 22.5. The van der Waals surface area contributed by atoms with E-state index in [0.29, 0.717) is 12.0 Å². The second-order valence-electron chi connectivity index (χ2n) is 6.17.